The fourth-order valence-corrected chi connectivity index (χ4v) is 5.40. The highest BCUT2D eigenvalue weighted by Gasteiger charge is 2.24. The Bertz CT molecular complexity index is 1200. The molecule has 0 bridgehead atoms. The molecule has 4 rings (SSSR count). The Balaban J connectivity index is 1.72. The highest BCUT2D eigenvalue weighted by molar-refractivity contribution is 7.90. The number of pyridine rings is 1. The minimum atomic E-state index is -3.94. The number of rotatable bonds is 7. The third kappa shape index (κ3) is 4.53. The zero-order chi connectivity index (χ0) is 22.0. The van der Waals surface area contributed by atoms with Crippen molar-refractivity contribution >= 4 is 44.3 Å². The van der Waals surface area contributed by atoms with Crippen molar-refractivity contribution in [2.45, 2.75) is 24.2 Å². The number of halogens is 1. The summed E-state index contributed by atoms with van der Waals surface area (Å²) in [7, 11) is -3.94. The van der Waals surface area contributed by atoms with Crippen LogP contribution in [0.15, 0.2) is 47.5 Å². The van der Waals surface area contributed by atoms with Crippen molar-refractivity contribution in [3.8, 4) is 0 Å². The van der Waals surface area contributed by atoms with Gasteiger partial charge in [-0.1, -0.05) is 11.6 Å². The summed E-state index contributed by atoms with van der Waals surface area (Å²) < 4.78 is 33.7. The van der Waals surface area contributed by atoms with Crippen LogP contribution >= 0.6 is 11.6 Å². The molecular weight excluding hydrogens is 442 g/mol. The molecule has 2 aromatic heterocycles. The van der Waals surface area contributed by atoms with Crippen LogP contribution in [0.1, 0.15) is 18.5 Å². The minimum Gasteiger partial charge on any atom is -0.481 e. The molecule has 31 heavy (non-hydrogen) atoms. The van der Waals surface area contributed by atoms with Gasteiger partial charge in [0, 0.05) is 41.8 Å². The number of aryl methyl sites for hydroxylation is 1. The third-order valence-electron chi connectivity index (χ3n) is 5.21. The molecule has 1 aliphatic heterocycles. The molecule has 8 nitrogen and oxygen atoms in total. The van der Waals surface area contributed by atoms with E-state index in [0.29, 0.717) is 66.6 Å². The van der Waals surface area contributed by atoms with Gasteiger partial charge in [-0.25, -0.2) is 17.4 Å². The van der Waals surface area contributed by atoms with Gasteiger partial charge in [0.15, 0.2) is 0 Å². The summed E-state index contributed by atoms with van der Waals surface area (Å²) in [6, 6.07) is 9.99. The van der Waals surface area contributed by atoms with Crippen molar-refractivity contribution in [3.63, 3.8) is 0 Å². The van der Waals surface area contributed by atoms with Crippen LogP contribution in [-0.2, 0) is 26.0 Å². The Morgan fingerprint density at radius 3 is 2.61 bits per heavy atom. The molecule has 0 saturated carbocycles. The minimum absolute atomic E-state index is 0.0435. The lowest BCUT2D eigenvalue weighted by atomic mass is 10.2. The van der Waals surface area contributed by atoms with E-state index in [0.717, 1.165) is 0 Å². The Labute approximate surface area is 185 Å². The molecule has 0 unspecified atom stereocenters. The summed E-state index contributed by atoms with van der Waals surface area (Å²) in [6.45, 7) is 2.63. The van der Waals surface area contributed by atoms with Crippen molar-refractivity contribution in [1.82, 2.24) is 8.96 Å². The van der Waals surface area contributed by atoms with E-state index >= 15 is 0 Å². The maximum absolute atomic E-state index is 13.5. The summed E-state index contributed by atoms with van der Waals surface area (Å²) in [5, 5.41) is 10.1. The lowest BCUT2D eigenvalue weighted by molar-refractivity contribution is -0.137. The zero-order valence-corrected chi connectivity index (χ0v) is 18.3. The van der Waals surface area contributed by atoms with Gasteiger partial charge in [0.2, 0.25) is 0 Å². The number of carbonyl (C=O) groups is 1. The van der Waals surface area contributed by atoms with Crippen LogP contribution in [0, 0.1) is 0 Å². The van der Waals surface area contributed by atoms with Gasteiger partial charge in [-0.05, 0) is 49.2 Å². The molecule has 0 atom stereocenters. The van der Waals surface area contributed by atoms with E-state index in [9.17, 15) is 13.2 Å². The quantitative estimate of drug-likeness (QED) is 0.574. The second-order valence-corrected chi connectivity index (χ2v) is 9.53. The Morgan fingerprint density at radius 2 is 1.94 bits per heavy atom. The third-order valence-corrected chi connectivity index (χ3v) is 7.19. The summed E-state index contributed by atoms with van der Waals surface area (Å²) in [5.74, 6) is -0.218. The Kier molecular flexibility index (Phi) is 6.17. The first-order valence-corrected chi connectivity index (χ1v) is 11.7. The van der Waals surface area contributed by atoms with E-state index in [2.05, 4.69) is 4.98 Å². The van der Waals surface area contributed by atoms with Crippen LogP contribution in [0.3, 0.4) is 0 Å². The van der Waals surface area contributed by atoms with Crippen LogP contribution in [0.25, 0.3) is 10.9 Å². The highest BCUT2D eigenvalue weighted by atomic mass is 35.5. The van der Waals surface area contributed by atoms with Crippen molar-refractivity contribution in [2.24, 2.45) is 0 Å². The molecule has 0 radical (unpaired) electrons. The van der Waals surface area contributed by atoms with Crippen LogP contribution in [0.5, 0.6) is 0 Å². The van der Waals surface area contributed by atoms with E-state index in [4.69, 9.17) is 21.4 Å². The molecule has 0 amide bonds. The number of nitrogens with zero attached hydrogens (tertiary/aromatic N) is 3. The molecule has 3 aromatic rings. The smallest absolute Gasteiger partial charge is 0.303 e. The summed E-state index contributed by atoms with van der Waals surface area (Å²) in [5.41, 5.74) is 1.00. The number of carboxylic acids is 1. The first-order chi connectivity index (χ1) is 14.9. The fraction of sp³-hybridized carbons (Fsp3) is 0.333. The van der Waals surface area contributed by atoms with Crippen molar-refractivity contribution in [3.05, 3.63) is 53.3 Å². The molecule has 1 fully saturated rings. The average molecular weight is 464 g/mol. The first-order valence-electron chi connectivity index (χ1n) is 9.92. The van der Waals surface area contributed by atoms with Gasteiger partial charge < -0.3 is 14.7 Å². The van der Waals surface area contributed by atoms with Crippen molar-refractivity contribution < 1.29 is 23.1 Å². The SMILES string of the molecule is O=C(O)CCCc1cc2cc(Cl)ccc2n1S(=O)(=O)c1ccc(N2CCOCC2)nc1. The van der Waals surface area contributed by atoms with Gasteiger partial charge >= 0.3 is 5.97 Å². The number of morpholine rings is 1. The van der Waals surface area contributed by atoms with E-state index in [1.54, 1.807) is 36.4 Å². The molecule has 3 heterocycles. The summed E-state index contributed by atoms with van der Waals surface area (Å²) >= 11 is 6.09. The van der Waals surface area contributed by atoms with E-state index < -0.39 is 16.0 Å². The van der Waals surface area contributed by atoms with E-state index in [1.165, 1.54) is 10.2 Å². The van der Waals surface area contributed by atoms with Crippen LogP contribution in [-0.4, -0.2) is 54.8 Å². The summed E-state index contributed by atoms with van der Waals surface area (Å²) in [4.78, 5) is 17.4. The monoisotopic (exact) mass is 463 g/mol. The number of benzene rings is 1. The Morgan fingerprint density at radius 1 is 1.16 bits per heavy atom. The van der Waals surface area contributed by atoms with Crippen molar-refractivity contribution in [2.75, 3.05) is 31.2 Å². The molecule has 1 aromatic carbocycles. The van der Waals surface area contributed by atoms with Gasteiger partial charge in [-0.2, -0.15) is 0 Å². The number of ether oxygens (including phenoxy) is 1. The highest BCUT2D eigenvalue weighted by Crippen LogP contribution is 2.29. The number of aliphatic carboxylic acids is 1. The summed E-state index contributed by atoms with van der Waals surface area (Å²) in [6.07, 6.45) is 1.95. The number of hydrogen-bond acceptors (Lipinski definition) is 6. The normalized spacial score (nSPS) is 14.8. The maximum atomic E-state index is 13.5. The molecule has 1 saturated heterocycles. The van der Waals surface area contributed by atoms with Crippen molar-refractivity contribution in [1.29, 1.82) is 0 Å². The predicted molar refractivity (Wildman–Crippen MR) is 117 cm³/mol. The van der Waals surface area contributed by atoms with E-state index in [-0.39, 0.29) is 11.3 Å². The number of aromatic nitrogens is 2. The van der Waals surface area contributed by atoms with Gasteiger partial charge in [-0.15, -0.1) is 0 Å². The molecule has 10 heteroatoms. The maximum Gasteiger partial charge on any atom is 0.303 e. The molecule has 0 aliphatic carbocycles. The molecule has 1 N–H and O–H groups in total. The van der Waals surface area contributed by atoms with Gasteiger partial charge in [0.05, 0.1) is 18.7 Å². The molecular formula is C21H22ClN3O5S. The number of hydrogen-bond donors (Lipinski definition) is 1. The molecule has 1 aliphatic rings. The first kappa shape index (κ1) is 21.6. The number of carboxylic acid groups (broad SMARTS) is 1. The van der Waals surface area contributed by atoms with Gasteiger partial charge in [-0.3, -0.25) is 4.79 Å². The molecule has 164 valence electrons. The second kappa shape index (κ2) is 8.86. The molecule has 0 spiro atoms. The standard InChI is InChI=1S/C21H22ClN3O5S/c22-16-4-6-19-15(12-16)13-17(2-1-3-21(26)27)25(19)31(28,29)18-5-7-20(23-14-18)24-8-10-30-11-9-24/h4-7,12-14H,1-3,8-11H2,(H,26,27). The van der Waals surface area contributed by atoms with Crippen LogP contribution < -0.4 is 4.90 Å². The van der Waals surface area contributed by atoms with Crippen LogP contribution in [0.2, 0.25) is 5.02 Å². The number of fused-ring (bicyclic) bond motifs is 1. The lowest BCUT2D eigenvalue weighted by Crippen LogP contribution is -2.36. The van der Waals surface area contributed by atoms with Gasteiger partial charge in [0.1, 0.15) is 10.7 Å². The van der Waals surface area contributed by atoms with Crippen LogP contribution in [0.4, 0.5) is 5.82 Å². The fourth-order valence-electron chi connectivity index (χ4n) is 3.71. The van der Waals surface area contributed by atoms with E-state index in [1.807, 2.05) is 4.90 Å². The van der Waals surface area contributed by atoms with Gasteiger partial charge in [0.25, 0.3) is 10.0 Å². The lowest BCUT2D eigenvalue weighted by Gasteiger charge is -2.27. The largest absolute Gasteiger partial charge is 0.481 e. The predicted octanol–water partition coefficient (Wildman–Crippen LogP) is 3.17. The average Bonchev–Trinajstić information content (AvgIpc) is 3.12. The Hall–Kier alpha value is -2.62. The topological polar surface area (TPSA) is 102 Å². The zero-order valence-electron chi connectivity index (χ0n) is 16.7. The second-order valence-electron chi connectivity index (χ2n) is 7.31. The number of anilines is 1.